The average Bonchev–Trinajstić information content (AvgIpc) is 2.37. The molecule has 0 heterocycles. The first-order valence-corrected chi connectivity index (χ1v) is 7.50. The van der Waals surface area contributed by atoms with Crippen molar-refractivity contribution < 1.29 is 4.39 Å². The average molecular weight is 357 g/mol. The maximum atomic E-state index is 13.4. The lowest BCUT2D eigenvalue weighted by molar-refractivity contribution is 0.618. The highest BCUT2D eigenvalue weighted by Crippen LogP contribution is 2.32. The van der Waals surface area contributed by atoms with Crippen molar-refractivity contribution in [3.8, 4) is 0 Å². The molecular weight excluding hydrogens is 341 g/mol. The van der Waals surface area contributed by atoms with Gasteiger partial charge in [0.25, 0.3) is 0 Å². The third-order valence-electron chi connectivity index (χ3n) is 3.41. The number of halogens is 3. The van der Waals surface area contributed by atoms with Crippen LogP contribution in [0.15, 0.2) is 34.8 Å². The number of hydrogen-bond acceptors (Lipinski definition) is 1. The number of rotatable bonds is 3. The van der Waals surface area contributed by atoms with Gasteiger partial charge in [0, 0.05) is 4.47 Å². The van der Waals surface area contributed by atoms with Crippen molar-refractivity contribution in [1.29, 1.82) is 0 Å². The first kappa shape index (κ1) is 15.5. The lowest BCUT2D eigenvalue weighted by atomic mass is 9.91. The van der Waals surface area contributed by atoms with E-state index in [1.54, 1.807) is 12.1 Å². The first-order chi connectivity index (χ1) is 9.43. The van der Waals surface area contributed by atoms with Gasteiger partial charge in [0.05, 0.1) is 11.1 Å². The van der Waals surface area contributed by atoms with E-state index in [1.807, 2.05) is 39.1 Å². The van der Waals surface area contributed by atoms with Gasteiger partial charge in [-0.3, -0.25) is 0 Å². The van der Waals surface area contributed by atoms with Crippen LogP contribution in [0.4, 0.5) is 4.39 Å². The van der Waals surface area contributed by atoms with Crippen LogP contribution in [0.2, 0.25) is 5.02 Å². The van der Waals surface area contributed by atoms with Crippen LogP contribution in [0.25, 0.3) is 0 Å². The Labute approximate surface area is 132 Å². The molecule has 0 aliphatic heterocycles. The van der Waals surface area contributed by atoms with Gasteiger partial charge in [0.15, 0.2) is 0 Å². The van der Waals surface area contributed by atoms with Crippen molar-refractivity contribution in [2.24, 2.45) is 0 Å². The van der Waals surface area contributed by atoms with Gasteiger partial charge in [-0.25, -0.2) is 4.39 Å². The third kappa shape index (κ3) is 3.05. The van der Waals surface area contributed by atoms with Crippen LogP contribution in [-0.2, 0) is 0 Å². The van der Waals surface area contributed by atoms with Crippen LogP contribution in [0, 0.1) is 19.7 Å². The molecule has 20 heavy (non-hydrogen) atoms. The zero-order valence-electron chi connectivity index (χ0n) is 11.6. The van der Waals surface area contributed by atoms with Crippen molar-refractivity contribution in [3.63, 3.8) is 0 Å². The van der Waals surface area contributed by atoms with Gasteiger partial charge in [0.1, 0.15) is 5.82 Å². The highest BCUT2D eigenvalue weighted by atomic mass is 79.9. The quantitative estimate of drug-likeness (QED) is 0.800. The van der Waals surface area contributed by atoms with E-state index in [-0.39, 0.29) is 11.9 Å². The molecule has 0 radical (unpaired) electrons. The number of benzene rings is 2. The van der Waals surface area contributed by atoms with Gasteiger partial charge in [-0.1, -0.05) is 17.7 Å². The van der Waals surface area contributed by atoms with E-state index in [1.165, 1.54) is 0 Å². The molecule has 2 aromatic rings. The summed E-state index contributed by atoms with van der Waals surface area (Å²) in [6.07, 6.45) is 0. The number of nitrogens with one attached hydrogen (secondary N) is 1. The molecule has 1 nitrogen and oxygen atoms in total. The van der Waals surface area contributed by atoms with Crippen LogP contribution in [0.3, 0.4) is 0 Å². The lowest BCUT2D eigenvalue weighted by Crippen LogP contribution is -2.20. The van der Waals surface area contributed by atoms with Crippen LogP contribution in [0.5, 0.6) is 0 Å². The second-order valence-electron chi connectivity index (χ2n) is 4.85. The number of hydrogen-bond donors (Lipinski definition) is 1. The molecule has 0 aliphatic rings. The van der Waals surface area contributed by atoms with Crippen molar-refractivity contribution in [2.45, 2.75) is 19.9 Å². The number of aryl methyl sites for hydroxylation is 2. The predicted molar refractivity (Wildman–Crippen MR) is 85.9 cm³/mol. The minimum Gasteiger partial charge on any atom is -0.309 e. The zero-order valence-corrected chi connectivity index (χ0v) is 13.9. The summed E-state index contributed by atoms with van der Waals surface area (Å²) < 4.78 is 14.3. The Morgan fingerprint density at radius 2 is 1.75 bits per heavy atom. The van der Waals surface area contributed by atoms with Crippen LogP contribution < -0.4 is 5.32 Å². The van der Waals surface area contributed by atoms with E-state index in [9.17, 15) is 4.39 Å². The topological polar surface area (TPSA) is 12.0 Å². The first-order valence-electron chi connectivity index (χ1n) is 6.33. The van der Waals surface area contributed by atoms with E-state index >= 15 is 0 Å². The Balaban J connectivity index is 2.55. The summed E-state index contributed by atoms with van der Waals surface area (Å²) in [5, 5.41) is 3.97. The predicted octanol–water partition coefficient (Wildman–Crippen LogP) is 5.17. The molecule has 106 valence electrons. The minimum absolute atomic E-state index is 0.00386. The van der Waals surface area contributed by atoms with Crippen molar-refractivity contribution in [1.82, 2.24) is 5.32 Å². The van der Waals surface area contributed by atoms with Crippen molar-refractivity contribution in [3.05, 3.63) is 67.9 Å². The van der Waals surface area contributed by atoms with Gasteiger partial charge >= 0.3 is 0 Å². The van der Waals surface area contributed by atoms with E-state index < -0.39 is 0 Å². The molecule has 0 saturated heterocycles. The fourth-order valence-electron chi connectivity index (χ4n) is 2.55. The van der Waals surface area contributed by atoms with Gasteiger partial charge in [-0.05, 0) is 83.3 Å². The Bertz CT molecular complexity index is 619. The van der Waals surface area contributed by atoms with Crippen molar-refractivity contribution >= 4 is 27.5 Å². The van der Waals surface area contributed by atoms with E-state index in [0.29, 0.717) is 5.02 Å². The normalized spacial score (nSPS) is 12.5. The third-order valence-corrected chi connectivity index (χ3v) is 4.63. The van der Waals surface area contributed by atoms with Crippen molar-refractivity contribution in [2.75, 3.05) is 7.05 Å². The molecule has 1 atom stereocenters. The van der Waals surface area contributed by atoms with E-state index in [4.69, 9.17) is 11.6 Å². The summed E-state index contributed by atoms with van der Waals surface area (Å²) >= 11 is 9.49. The summed E-state index contributed by atoms with van der Waals surface area (Å²) in [5.41, 5.74) is 4.06. The maximum absolute atomic E-state index is 13.4. The second kappa shape index (κ2) is 6.25. The Hall–Kier alpha value is -0.900. The summed E-state index contributed by atoms with van der Waals surface area (Å²) in [6.45, 7) is 3.86. The molecular formula is C16H16BrClFN. The fraction of sp³-hybridized carbons (Fsp3) is 0.250. The Kier molecular flexibility index (Phi) is 4.84. The van der Waals surface area contributed by atoms with Gasteiger partial charge in [0.2, 0.25) is 0 Å². The smallest absolute Gasteiger partial charge is 0.123 e. The van der Waals surface area contributed by atoms with Crippen LogP contribution in [0.1, 0.15) is 28.3 Å². The monoisotopic (exact) mass is 355 g/mol. The van der Waals surface area contributed by atoms with Crippen LogP contribution >= 0.6 is 27.5 Å². The molecule has 0 spiro atoms. The lowest BCUT2D eigenvalue weighted by Gasteiger charge is -2.22. The summed E-state index contributed by atoms with van der Waals surface area (Å²) in [6, 6.07) is 8.97. The van der Waals surface area contributed by atoms with Gasteiger partial charge < -0.3 is 5.32 Å². The van der Waals surface area contributed by atoms with Crippen LogP contribution in [-0.4, -0.2) is 7.05 Å². The Morgan fingerprint density at radius 3 is 2.25 bits per heavy atom. The molecule has 1 unspecified atom stereocenters. The molecule has 2 aromatic carbocycles. The molecule has 0 bridgehead atoms. The molecule has 1 N–H and O–H groups in total. The van der Waals surface area contributed by atoms with Gasteiger partial charge in [-0.15, -0.1) is 0 Å². The van der Waals surface area contributed by atoms with E-state index in [0.717, 1.165) is 26.7 Å². The highest BCUT2D eigenvalue weighted by Gasteiger charge is 2.18. The summed E-state index contributed by atoms with van der Waals surface area (Å²) in [7, 11) is 1.90. The second-order valence-corrected chi connectivity index (χ2v) is 6.11. The zero-order chi connectivity index (χ0) is 14.9. The molecule has 0 fully saturated rings. The minimum atomic E-state index is -0.198. The molecule has 0 saturated carbocycles. The molecule has 0 aromatic heterocycles. The molecule has 2 rings (SSSR count). The SMILES string of the molecule is CNC(c1ccc(Cl)c(Br)c1)c1c(C)cc(F)cc1C. The standard InChI is InChI=1S/C16H16BrClFN/c1-9-6-12(19)7-10(2)15(9)16(20-3)11-4-5-14(18)13(17)8-11/h4-8,16,20H,1-3H3. The Morgan fingerprint density at radius 1 is 1.15 bits per heavy atom. The largest absolute Gasteiger partial charge is 0.309 e. The van der Waals surface area contributed by atoms with Gasteiger partial charge in [-0.2, -0.15) is 0 Å². The maximum Gasteiger partial charge on any atom is 0.123 e. The molecule has 4 heteroatoms. The van der Waals surface area contributed by atoms with E-state index in [2.05, 4.69) is 21.2 Å². The summed E-state index contributed by atoms with van der Waals surface area (Å²) in [4.78, 5) is 0. The fourth-order valence-corrected chi connectivity index (χ4v) is 3.06. The highest BCUT2D eigenvalue weighted by molar-refractivity contribution is 9.10. The molecule has 0 aliphatic carbocycles. The summed E-state index contributed by atoms with van der Waals surface area (Å²) in [5.74, 6) is -0.198. The molecule has 0 amide bonds.